The van der Waals surface area contributed by atoms with Gasteiger partial charge in [-0.15, -0.1) is 0 Å². The van der Waals surface area contributed by atoms with Gasteiger partial charge in [-0.05, 0) is 43.5 Å². The second kappa shape index (κ2) is 36.9. The summed E-state index contributed by atoms with van der Waals surface area (Å²) in [4.78, 5) is 135. The lowest BCUT2D eigenvalue weighted by Gasteiger charge is -2.38. The van der Waals surface area contributed by atoms with E-state index in [0.717, 1.165) is 69.2 Å². The van der Waals surface area contributed by atoms with Gasteiger partial charge in [-0.3, -0.25) is 47.9 Å². The number of nitrogens with two attached hydrogens (primary N) is 3. The number of carbonyl (C=O) groups is 10. The third-order valence-corrected chi connectivity index (χ3v) is 14.0. The third-order valence-electron chi connectivity index (χ3n) is 14.0. The van der Waals surface area contributed by atoms with Gasteiger partial charge in [0.15, 0.2) is 12.4 Å². The fraction of sp³-hybridized carbons (Fsp3) is 0.692. The minimum atomic E-state index is -2.66. The summed E-state index contributed by atoms with van der Waals surface area (Å²) in [6.07, 6.45) is -12.6. The average molecular weight is 1220 g/mol. The molecule has 0 saturated carbocycles. The van der Waals surface area contributed by atoms with E-state index in [2.05, 4.69) is 38.8 Å². The first-order valence-electron chi connectivity index (χ1n) is 28.0. The van der Waals surface area contributed by atoms with Gasteiger partial charge in [0.25, 0.3) is 0 Å². The van der Waals surface area contributed by atoms with E-state index >= 15 is 0 Å². The second-order valence-corrected chi connectivity index (χ2v) is 20.8. The van der Waals surface area contributed by atoms with Crippen LogP contribution in [-0.2, 0) is 57.4 Å². The van der Waals surface area contributed by atoms with Crippen LogP contribution in [0.15, 0.2) is 24.3 Å². The molecule has 0 unspecified atom stereocenters. The minimum absolute atomic E-state index is 0.0391. The minimum Gasteiger partial charge on any atom is -0.508 e. The second-order valence-electron chi connectivity index (χ2n) is 20.8. The molecule has 0 spiro atoms. The van der Waals surface area contributed by atoms with E-state index in [-0.39, 0.29) is 30.7 Å². The Labute approximate surface area is 488 Å². The smallest absolute Gasteiger partial charge is 0.248 e. The zero-order chi connectivity index (χ0) is 63.5. The molecule has 0 bridgehead atoms. The van der Waals surface area contributed by atoms with E-state index in [0.29, 0.717) is 12.8 Å². The van der Waals surface area contributed by atoms with Gasteiger partial charge in [-0.2, -0.15) is 0 Å². The summed E-state index contributed by atoms with van der Waals surface area (Å²) in [7, 11) is 0. The van der Waals surface area contributed by atoms with Crippen LogP contribution < -0.4 is 59.7 Å². The predicted molar refractivity (Wildman–Crippen MR) is 292 cm³/mol. The van der Waals surface area contributed by atoms with Crippen LogP contribution in [-0.4, -0.2) is 234 Å². The van der Waals surface area contributed by atoms with Crippen LogP contribution in [0, 0.1) is 0 Å². The molecule has 2 aliphatic heterocycles. The Kier molecular flexibility index (Phi) is 31.5. The number of aliphatic hydroxyl groups excluding tert-OH is 9. The number of aromatic hydroxyl groups is 1. The van der Waals surface area contributed by atoms with Gasteiger partial charge in [0.05, 0.1) is 45.0 Å². The summed E-state index contributed by atoms with van der Waals surface area (Å²) >= 11 is 0. The van der Waals surface area contributed by atoms with Crippen molar-refractivity contribution in [3.63, 3.8) is 0 Å². The lowest BCUT2D eigenvalue weighted by atomic mass is 9.94. The van der Waals surface area contributed by atoms with Crippen LogP contribution in [0.25, 0.3) is 0 Å². The number of rotatable bonds is 26. The quantitative estimate of drug-likeness (QED) is 0.0383. The molecule has 0 aliphatic carbocycles. The molecule has 480 valence electrons. The van der Waals surface area contributed by atoms with Crippen molar-refractivity contribution in [1.82, 2.24) is 42.5 Å². The summed E-state index contributed by atoms with van der Waals surface area (Å²) < 4.78 is 11.3. The van der Waals surface area contributed by atoms with Gasteiger partial charge in [0.2, 0.25) is 59.1 Å². The van der Waals surface area contributed by atoms with Crippen molar-refractivity contribution in [2.24, 2.45) is 17.2 Å². The Morgan fingerprint density at radius 3 is 1.78 bits per heavy atom. The topological polar surface area (TPSA) is 566 Å². The van der Waals surface area contributed by atoms with Gasteiger partial charge in [-0.25, -0.2) is 0 Å². The fourth-order valence-corrected chi connectivity index (χ4v) is 9.10. The van der Waals surface area contributed by atoms with Crippen molar-refractivity contribution in [1.29, 1.82) is 0 Å². The van der Waals surface area contributed by atoms with Crippen LogP contribution in [0.1, 0.15) is 108 Å². The van der Waals surface area contributed by atoms with Gasteiger partial charge in [0.1, 0.15) is 72.5 Å². The van der Waals surface area contributed by atoms with Crippen LogP contribution in [0.3, 0.4) is 0 Å². The average Bonchev–Trinajstić information content (AvgIpc) is 3.21. The Morgan fingerprint density at radius 2 is 1.20 bits per heavy atom. The van der Waals surface area contributed by atoms with E-state index in [1.807, 2.05) is 10.6 Å². The molecule has 2 fully saturated rings. The molecule has 1 aromatic carbocycles. The molecular formula is C52H85N11O22. The molecule has 0 aromatic heterocycles. The normalized spacial score (nSPS) is 27.5. The summed E-state index contributed by atoms with van der Waals surface area (Å²) in [5, 5.41) is 125. The summed E-state index contributed by atoms with van der Waals surface area (Å²) in [5.41, 5.74) is 16.2. The first kappa shape index (κ1) is 72.5. The number of primary amides is 2. The molecule has 1 aromatic rings. The highest BCUT2D eigenvalue weighted by Gasteiger charge is 2.43. The number of amides is 10. The van der Waals surface area contributed by atoms with E-state index < -0.39 is 202 Å². The van der Waals surface area contributed by atoms with Crippen LogP contribution in [0.4, 0.5) is 0 Å². The van der Waals surface area contributed by atoms with E-state index in [9.17, 15) is 99.0 Å². The number of phenols is 1. The summed E-state index contributed by atoms with van der Waals surface area (Å²) in [6, 6.07) is -9.69. The Balaban J connectivity index is 2.15. The number of unbranched alkanes of at least 4 members (excludes halogenated alkanes) is 8. The van der Waals surface area contributed by atoms with Crippen molar-refractivity contribution in [2.45, 2.75) is 194 Å². The molecule has 2 saturated heterocycles. The van der Waals surface area contributed by atoms with E-state index in [1.165, 1.54) is 0 Å². The van der Waals surface area contributed by atoms with Crippen LogP contribution >= 0.6 is 0 Å². The molecule has 0 radical (unpaired) electrons. The fourth-order valence-electron chi connectivity index (χ4n) is 9.10. The number of carbonyl (C=O) groups excluding carboxylic acids is 10. The zero-order valence-corrected chi connectivity index (χ0v) is 47.1. The van der Waals surface area contributed by atoms with E-state index in [1.54, 1.807) is 0 Å². The van der Waals surface area contributed by atoms with Crippen molar-refractivity contribution < 1.29 is 108 Å². The number of phenolic OH excluding ortho intramolecular Hbond substituents is 1. The molecule has 24 N–H and O–H groups in total. The lowest BCUT2D eigenvalue weighted by molar-refractivity contribution is -0.293. The zero-order valence-electron chi connectivity index (χ0n) is 47.1. The molecular weight excluding hydrogens is 1130 g/mol. The number of ether oxygens (including phenoxy) is 2. The molecule has 2 heterocycles. The molecule has 33 heteroatoms. The molecule has 10 amide bonds. The lowest BCUT2D eigenvalue weighted by Crippen LogP contribution is -2.63. The van der Waals surface area contributed by atoms with Gasteiger partial charge >= 0.3 is 0 Å². The highest BCUT2D eigenvalue weighted by Crippen LogP contribution is 2.25. The van der Waals surface area contributed by atoms with Crippen LogP contribution in [0.2, 0.25) is 0 Å². The SMILES string of the molecule is CCCCCCCCCCC[C@H](O[C@H]1OC[C@H](O)[C@@H](O)[C@@H]1O)[C@@H](O)[C@H](O)C[C@@H]1CC(=O)N[C@@H](CO)C(=O)N[C@@H]([C@H](O)c2ccc(O)cc2)C(=O)N[C@@H](CCN)C(=O)NCC(=O)N[C@@H](CC(N)=O)C(=O)N[C@@H](CO)C(=O)N[C@@H]([C@@H](O)C(N)=O)C(=O)N1. The Hall–Kier alpha value is -6.76. The Bertz CT molecular complexity index is 2360. The molecule has 16 atom stereocenters. The molecule has 85 heavy (non-hydrogen) atoms. The molecule has 33 nitrogen and oxygen atoms in total. The van der Waals surface area contributed by atoms with Crippen molar-refractivity contribution in [3.05, 3.63) is 29.8 Å². The Morgan fingerprint density at radius 1 is 0.659 bits per heavy atom. The first-order chi connectivity index (χ1) is 40.3. The van der Waals surface area contributed by atoms with Gasteiger partial charge in [0, 0.05) is 12.5 Å². The monoisotopic (exact) mass is 1220 g/mol. The number of hydrogen-bond acceptors (Lipinski definition) is 23. The van der Waals surface area contributed by atoms with Crippen molar-refractivity contribution in [3.8, 4) is 5.75 Å². The highest BCUT2D eigenvalue weighted by molar-refractivity contribution is 5.99. The van der Waals surface area contributed by atoms with Crippen molar-refractivity contribution >= 4 is 59.1 Å². The number of nitrogens with one attached hydrogen (secondary N) is 8. The van der Waals surface area contributed by atoms with Gasteiger partial charge < -0.3 is 120 Å². The van der Waals surface area contributed by atoms with Crippen molar-refractivity contribution in [2.75, 3.05) is 32.9 Å². The first-order valence-corrected chi connectivity index (χ1v) is 28.0. The highest BCUT2D eigenvalue weighted by atomic mass is 16.7. The third kappa shape index (κ3) is 23.9. The summed E-state index contributed by atoms with van der Waals surface area (Å²) in [6.45, 7) is -2.28. The standard InChI is InChI=1S/C52H85N11O22/c1-2-3-4-5-6-7-8-9-10-11-34(85-52-44(76)42(74)33(68)24-84-52)41(73)32(67)18-26-19-36(70)59-30(22-64)48(80)62-38(40(72)25-12-14-27(66)15-13-25)51(83)60-28(16-17-53)46(78)56-21-37(71)58-29(20-35(54)69)47(79)61-31(23-65)49(81)63-39(50(82)57-26)43(75)45(55)77/h12-15,26,28-34,38-44,52,64-68,72-76H,2-11,16-24,53H2,1H3,(H2,54,69)(H2,55,77)(H,56,78)(H,57,82)(H,58,71)(H,59,70)(H,60,83)(H,61,79)(H,62,80)(H,63,81)/t26-,28+,29+,30+,31+,32-,33+,34+,38+,39+,40-,41+,42-,43-,44+,52-/m1/s1. The maximum Gasteiger partial charge on any atom is 0.248 e. The number of benzene rings is 1. The van der Waals surface area contributed by atoms with E-state index in [4.69, 9.17) is 26.7 Å². The summed E-state index contributed by atoms with van der Waals surface area (Å²) in [5.74, 6) is -13.9. The predicted octanol–water partition coefficient (Wildman–Crippen LogP) is -8.75. The maximum atomic E-state index is 14.2. The van der Waals surface area contributed by atoms with Crippen LogP contribution in [0.5, 0.6) is 5.75 Å². The maximum absolute atomic E-state index is 14.2. The number of hydrogen-bond donors (Lipinski definition) is 21. The molecule has 2 aliphatic rings. The number of aliphatic hydroxyl groups is 9. The van der Waals surface area contributed by atoms with Gasteiger partial charge in [-0.1, -0.05) is 76.8 Å². The largest absolute Gasteiger partial charge is 0.508 e. The molecule has 3 rings (SSSR count).